The van der Waals surface area contributed by atoms with Gasteiger partial charge in [0.25, 0.3) is 0 Å². The van der Waals surface area contributed by atoms with Crippen LogP contribution in [0.5, 0.6) is 0 Å². The second-order valence-corrected chi connectivity index (χ2v) is 5.72. The maximum Gasteiger partial charge on any atom is 0.123 e. The van der Waals surface area contributed by atoms with E-state index < -0.39 is 11.9 Å². The predicted molar refractivity (Wildman–Crippen MR) is 99.9 cm³/mol. The van der Waals surface area contributed by atoms with Gasteiger partial charge in [0, 0.05) is 36.0 Å². The van der Waals surface area contributed by atoms with Crippen LogP contribution in [0.2, 0.25) is 0 Å². The fraction of sp³-hybridized carbons (Fsp3) is 0.312. The van der Waals surface area contributed by atoms with Crippen molar-refractivity contribution in [3.8, 4) is 0 Å². The van der Waals surface area contributed by atoms with Gasteiger partial charge in [0.2, 0.25) is 0 Å². The molecule has 8 heteroatoms. The topological polar surface area (TPSA) is 104 Å². The Balaban J connectivity index is 3.12. The molecule has 130 valence electrons. The van der Waals surface area contributed by atoms with Crippen molar-refractivity contribution < 1.29 is 9.50 Å². The summed E-state index contributed by atoms with van der Waals surface area (Å²) in [7, 11) is 0. The van der Waals surface area contributed by atoms with E-state index in [1.807, 2.05) is 6.92 Å². The fourth-order valence-electron chi connectivity index (χ4n) is 1.99. The Bertz CT molecular complexity index is 658. The number of benzene rings is 1. The molecule has 1 rings (SSSR count). The van der Waals surface area contributed by atoms with Gasteiger partial charge in [-0.1, -0.05) is 0 Å². The molecule has 0 aromatic heterocycles. The molecule has 6 nitrogen and oxygen atoms in total. The van der Waals surface area contributed by atoms with Crippen molar-refractivity contribution in [1.82, 2.24) is 5.32 Å². The summed E-state index contributed by atoms with van der Waals surface area (Å²) in [5.74, 6) is -0.0520. The van der Waals surface area contributed by atoms with Crippen LogP contribution in [0.1, 0.15) is 31.9 Å². The SMILES string of the molecule is CCN/C(Br)=C(\C=N)C/C(=N/C=N)Nc1ccc(F)cc1C(C)O. The Morgan fingerprint density at radius 2 is 2.17 bits per heavy atom. The third kappa shape index (κ3) is 5.86. The van der Waals surface area contributed by atoms with E-state index in [0.717, 1.165) is 6.34 Å². The molecule has 0 aliphatic rings. The molecule has 0 bridgehead atoms. The monoisotopic (exact) mass is 397 g/mol. The number of amidine groups is 1. The number of rotatable bonds is 8. The number of hydrogen-bond acceptors (Lipinski definition) is 4. The van der Waals surface area contributed by atoms with Crippen LogP contribution in [0, 0.1) is 16.6 Å². The van der Waals surface area contributed by atoms with Gasteiger partial charge in [0.05, 0.1) is 10.7 Å². The molecule has 0 fully saturated rings. The lowest BCUT2D eigenvalue weighted by Crippen LogP contribution is -2.18. The zero-order valence-electron chi connectivity index (χ0n) is 13.5. The summed E-state index contributed by atoms with van der Waals surface area (Å²) in [5.41, 5.74) is 1.51. The Kier molecular flexibility index (Phi) is 8.28. The Morgan fingerprint density at radius 3 is 2.71 bits per heavy atom. The molecule has 1 atom stereocenters. The normalized spacial score (nSPS) is 13.8. The molecule has 0 radical (unpaired) electrons. The number of nitrogens with zero attached hydrogens (tertiary/aromatic N) is 1. The third-order valence-corrected chi connectivity index (χ3v) is 3.90. The van der Waals surface area contributed by atoms with Crippen LogP contribution in [0.15, 0.2) is 33.4 Å². The van der Waals surface area contributed by atoms with Gasteiger partial charge in [0.15, 0.2) is 0 Å². The maximum atomic E-state index is 13.4. The molecule has 1 unspecified atom stereocenters. The molecule has 1 aromatic carbocycles. The molecule has 5 N–H and O–H groups in total. The molecule has 0 saturated heterocycles. The summed E-state index contributed by atoms with van der Waals surface area (Å²) >= 11 is 3.36. The molecule has 0 aliphatic carbocycles. The summed E-state index contributed by atoms with van der Waals surface area (Å²) < 4.78 is 14.1. The molecule has 0 spiro atoms. The van der Waals surface area contributed by atoms with Crippen LogP contribution < -0.4 is 10.6 Å². The van der Waals surface area contributed by atoms with Crippen LogP contribution in [0.25, 0.3) is 0 Å². The molecule has 24 heavy (non-hydrogen) atoms. The van der Waals surface area contributed by atoms with Crippen LogP contribution in [0.3, 0.4) is 0 Å². The van der Waals surface area contributed by atoms with E-state index in [9.17, 15) is 9.50 Å². The summed E-state index contributed by atoms with van der Waals surface area (Å²) in [6.07, 6.45) is 1.46. The van der Waals surface area contributed by atoms with Crippen LogP contribution in [-0.2, 0) is 0 Å². The molecule has 0 heterocycles. The van der Waals surface area contributed by atoms with Gasteiger partial charge in [-0.05, 0) is 48.0 Å². The van der Waals surface area contributed by atoms with Gasteiger partial charge in [-0.3, -0.25) is 5.41 Å². The van der Waals surface area contributed by atoms with E-state index in [-0.39, 0.29) is 6.42 Å². The van der Waals surface area contributed by atoms with Crippen LogP contribution in [0.4, 0.5) is 10.1 Å². The van der Waals surface area contributed by atoms with E-state index in [2.05, 4.69) is 31.6 Å². The summed E-state index contributed by atoms with van der Waals surface area (Å²) in [6.45, 7) is 4.16. The Labute approximate surface area is 149 Å². The van der Waals surface area contributed by atoms with Crippen molar-refractivity contribution in [2.24, 2.45) is 4.99 Å². The highest BCUT2D eigenvalue weighted by Crippen LogP contribution is 2.24. The molecule has 0 saturated carbocycles. The van der Waals surface area contributed by atoms with Crippen LogP contribution in [-0.4, -0.2) is 30.0 Å². The quantitative estimate of drug-likeness (QED) is 0.263. The average molecular weight is 398 g/mol. The van der Waals surface area contributed by atoms with Gasteiger partial charge in [-0.15, -0.1) is 0 Å². The van der Waals surface area contributed by atoms with Gasteiger partial charge < -0.3 is 21.1 Å². The van der Waals surface area contributed by atoms with Crippen molar-refractivity contribution in [1.29, 1.82) is 10.8 Å². The lowest BCUT2D eigenvalue weighted by atomic mass is 10.1. The first-order valence-electron chi connectivity index (χ1n) is 7.36. The summed E-state index contributed by atoms with van der Waals surface area (Å²) in [5, 5.41) is 30.6. The van der Waals surface area contributed by atoms with E-state index in [1.165, 1.54) is 31.3 Å². The highest BCUT2D eigenvalue weighted by Gasteiger charge is 2.13. The first kappa shape index (κ1) is 20.0. The van der Waals surface area contributed by atoms with Crippen molar-refractivity contribution in [3.05, 3.63) is 39.8 Å². The first-order valence-corrected chi connectivity index (χ1v) is 8.15. The highest BCUT2D eigenvalue weighted by molar-refractivity contribution is 9.11. The number of hydrogen-bond donors (Lipinski definition) is 5. The van der Waals surface area contributed by atoms with E-state index in [0.29, 0.717) is 33.8 Å². The number of aliphatic hydroxyl groups is 1. The largest absolute Gasteiger partial charge is 0.389 e. The fourth-order valence-corrected chi connectivity index (χ4v) is 2.52. The molecular formula is C16H21BrFN5O. The van der Waals surface area contributed by atoms with Gasteiger partial charge in [-0.25, -0.2) is 9.38 Å². The molecular weight excluding hydrogens is 377 g/mol. The zero-order valence-corrected chi connectivity index (χ0v) is 15.1. The Morgan fingerprint density at radius 1 is 1.46 bits per heavy atom. The van der Waals surface area contributed by atoms with Crippen molar-refractivity contribution in [2.45, 2.75) is 26.4 Å². The molecule has 0 aliphatic heterocycles. The minimum absolute atomic E-state index is 0.253. The van der Waals surface area contributed by atoms with Crippen molar-refractivity contribution >= 4 is 40.0 Å². The minimum Gasteiger partial charge on any atom is -0.389 e. The van der Waals surface area contributed by atoms with E-state index in [1.54, 1.807) is 0 Å². The number of aliphatic imine (C=N–C) groups is 1. The predicted octanol–water partition coefficient (Wildman–Crippen LogP) is 3.55. The first-order chi connectivity index (χ1) is 11.4. The van der Waals surface area contributed by atoms with Crippen molar-refractivity contribution in [2.75, 3.05) is 11.9 Å². The minimum atomic E-state index is -0.865. The lowest BCUT2D eigenvalue weighted by Gasteiger charge is -2.16. The van der Waals surface area contributed by atoms with E-state index in [4.69, 9.17) is 10.8 Å². The van der Waals surface area contributed by atoms with Gasteiger partial charge >= 0.3 is 0 Å². The zero-order chi connectivity index (χ0) is 18.1. The maximum absolute atomic E-state index is 13.4. The number of aliphatic hydroxyl groups excluding tert-OH is 1. The lowest BCUT2D eigenvalue weighted by molar-refractivity contribution is 0.199. The van der Waals surface area contributed by atoms with Gasteiger partial charge in [0.1, 0.15) is 18.0 Å². The van der Waals surface area contributed by atoms with Crippen molar-refractivity contribution in [3.63, 3.8) is 0 Å². The average Bonchev–Trinajstić information content (AvgIpc) is 2.54. The number of halogens is 2. The number of anilines is 1. The van der Waals surface area contributed by atoms with Gasteiger partial charge in [-0.2, -0.15) is 0 Å². The summed E-state index contributed by atoms with van der Waals surface area (Å²) in [6, 6.07) is 4.03. The standard InChI is InChI=1S/C16H21BrFN5O/c1-3-21-16(17)11(8-19)6-15(22-9-20)23-14-5-4-12(18)7-13(14)10(2)24/h4-5,7-10,19,21,24H,3,6H2,1-2H3,(H2,20,22,23)/b16-11-,19-8?. The third-order valence-electron chi connectivity index (χ3n) is 3.11. The molecule has 1 aromatic rings. The number of nitrogens with one attached hydrogen (secondary N) is 4. The second-order valence-electron chi connectivity index (χ2n) is 4.93. The van der Waals surface area contributed by atoms with E-state index >= 15 is 0 Å². The smallest absolute Gasteiger partial charge is 0.123 e. The van der Waals surface area contributed by atoms with Crippen LogP contribution >= 0.6 is 15.9 Å². The second kappa shape index (κ2) is 9.94. The Hall–Kier alpha value is -2.06. The summed E-state index contributed by atoms with van der Waals surface area (Å²) in [4.78, 5) is 3.96. The highest BCUT2D eigenvalue weighted by atomic mass is 79.9. The molecule has 0 amide bonds.